The minimum Gasteiger partial charge on any atom is -0.444 e. The zero-order valence-electron chi connectivity index (χ0n) is 20.7. The maximum absolute atomic E-state index is 12.2. The Hall–Kier alpha value is -1.54. The summed E-state index contributed by atoms with van der Waals surface area (Å²) in [4.78, 5) is 23.8. The fraction of sp³-hybridized carbons (Fsp3) is 0.913. The number of carbonyl (C=O) groups is 1. The Morgan fingerprint density at radius 2 is 1.74 bits per heavy atom. The van der Waals surface area contributed by atoms with E-state index in [-0.39, 0.29) is 6.09 Å². The Balaban J connectivity index is 1.66. The maximum Gasteiger partial charge on any atom is 0.410 e. The molecule has 0 aromatic rings. The number of likely N-dealkylation sites (tertiary alicyclic amines) is 1. The third-order valence-electron chi connectivity index (χ3n) is 5.87. The number of piperazine rings is 1. The highest BCUT2D eigenvalue weighted by Crippen LogP contribution is 2.13. The first-order chi connectivity index (χ1) is 14.7. The lowest BCUT2D eigenvalue weighted by Gasteiger charge is -2.35. The van der Waals surface area contributed by atoms with Crippen LogP contribution in [0.4, 0.5) is 4.79 Å². The highest BCUT2D eigenvalue weighted by Gasteiger charge is 2.25. The van der Waals surface area contributed by atoms with E-state index < -0.39 is 5.60 Å². The number of piperidine rings is 1. The molecule has 0 aromatic carbocycles. The Bertz CT molecular complexity index is 559. The van der Waals surface area contributed by atoms with Crippen molar-refractivity contribution < 1.29 is 9.53 Å². The molecule has 2 fully saturated rings. The van der Waals surface area contributed by atoms with Gasteiger partial charge in [0.05, 0.1) is 0 Å². The third-order valence-corrected chi connectivity index (χ3v) is 5.87. The van der Waals surface area contributed by atoms with Gasteiger partial charge < -0.3 is 25.2 Å². The average Bonchev–Trinajstić information content (AvgIpc) is 2.71. The normalized spacial score (nSPS) is 20.2. The van der Waals surface area contributed by atoms with Gasteiger partial charge in [-0.05, 0) is 60.8 Å². The van der Waals surface area contributed by atoms with Crippen molar-refractivity contribution in [1.29, 1.82) is 0 Å². The molecule has 0 unspecified atom stereocenters. The third kappa shape index (κ3) is 9.64. The fourth-order valence-corrected chi connectivity index (χ4v) is 4.04. The molecular weight excluding hydrogens is 392 g/mol. The summed E-state index contributed by atoms with van der Waals surface area (Å²) in [5.74, 6) is 0.945. The number of nitrogens with one attached hydrogen (secondary N) is 2. The molecule has 0 atom stereocenters. The van der Waals surface area contributed by atoms with Crippen LogP contribution >= 0.6 is 0 Å². The van der Waals surface area contributed by atoms with E-state index in [0.29, 0.717) is 12.1 Å². The molecule has 0 aromatic heterocycles. The van der Waals surface area contributed by atoms with Crippen LogP contribution in [0, 0.1) is 0 Å². The second kappa shape index (κ2) is 12.5. The number of hydrogen-bond donors (Lipinski definition) is 2. The average molecular weight is 439 g/mol. The lowest BCUT2D eigenvalue weighted by atomic mass is 10.0. The highest BCUT2D eigenvalue weighted by molar-refractivity contribution is 5.80. The van der Waals surface area contributed by atoms with Crippen molar-refractivity contribution in [2.75, 3.05) is 58.9 Å². The van der Waals surface area contributed by atoms with Gasteiger partial charge in [-0.15, -0.1) is 0 Å². The zero-order valence-corrected chi connectivity index (χ0v) is 20.7. The van der Waals surface area contributed by atoms with Crippen LogP contribution < -0.4 is 10.6 Å². The molecule has 8 heteroatoms. The molecule has 2 heterocycles. The molecule has 8 nitrogen and oxygen atoms in total. The minimum absolute atomic E-state index is 0.197. The Morgan fingerprint density at radius 3 is 2.29 bits per heavy atom. The van der Waals surface area contributed by atoms with Gasteiger partial charge in [-0.2, -0.15) is 0 Å². The molecule has 2 N–H and O–H groups in total. The first kappa shape index (κ1) is 25.7. The number of nitrogens with zero attached hydrogens (tertiary/aromatic N) is 4. The first-order valence-electron chi connectivity index (χ1n) is 12.2. The lowest BCUT2D eigenvalue weighted by molar-refractivity contribution is 0.0145. The molecule has 2 aliphatic heterocycles. The van der Waals surface area contributed by atoms with Crippen molar-refractivity contribution in [3.63, 3.8) is 0 Å². The quantitative estimate of drug-likeness (QED) is 0.361. The predicted octanol–water partition coefficient (Wildman–Crippen LogP) is 2.36. The van der Waals surface area contributed by atoms with Gasteiger partial charge in [0, 0.05) is 71.0 Å². The van der Waals surface area contributed by atoms with Crippen molar-refractivity contribution in [3.8, 4) is 0 Å². The SMILES string of the molecule is CCNC(=NCCCN1CCN(C(=O)OC(C)(C)C)CC1)NC1CCN(C(C)C)CC1. The van der Waals surface area contributed by atoms with Gasteiger partial charge in [-0.25, -0.2) is 4.79 Å². The van der Waals surface area contributed by atoms with Crippen LogP contribution in [0.1, 0.15) is 60.8 Å². The number of ether oxygens (including phenoxy) is 1. The molecule has 180 valence electrons. The summed E-state index contributed by atoms with van der Waals surface area (Å²) in [6.45, 7) is 20.7. The van der Waals surface area contributed by atoms with E-state index in [1.54, 1.807) is 0 Å². The second-order valence-corrected chi connectivity index (χ2v) is 9.97. The summed E-state index contributed by atoms with van der Waals surface area (Å²) in [6.07, 6.45) is 3.17. The summed E-state index contributed by atoms with van der Waals surface area (Å²) in [5.41, 5.74) is -0.435. The van der Waals surface area contributed by atoms with E-state index >= 15 is 0 Å². The van der Waals surface area contributed by atoms with Gasteiger partial charge >= 0.3 is 6.09 Å². The summed E-state index contributed by atoms with van der Waals surface area (Å²) < 4.78 is 5.47. The van der Waals surface area contributed by atoms with Gasteiger partial charge in [-0.3, -0.25) is 9.89 Å². The number of rotatable bonds is 7. The second-order valence-electron chi connectivity index (χ2n) is 9.97. The Labute approximate surface area is 189 Å². The van der Waals surface area contributed by atoms with Crippen molar-refractivity contribution in [2.24, 2.45) is 4.99 Å². The molecule has 2 saturated heterocycles. The summed E-state index contributed by atoms with van der Waals surface area (Å²) in [6, 6.07) is 1.14. The molecular formula is C23H46N6O2. The Kier molecular flexibility index (Phi) is 10.4. The van der Waals surface area contributed by atoms with Crippen LogP contribution in [0.2, 0.25) is 0 Å². The van der Waals surface area contributed by atoms with Crippen molar-refractivity contribution in [3.05, 3.63) is 0 Å². The predicted molar refractivity (Wildman–Crippen MR) is 128 cm³/mol. The molecule has 0 aliphatic carbocycles. The summed E-state index contributed by atoms with van der Waals surface area (Å²) in [7, 11) is 0. The fourth-order valence-electron chi connectivity index (χ4n) is 4.04. The van der Waals surface area contributed by atoms with Crippen molar-refractivity contribution in [1.82, 2.24) is 25.3 Å². The molecule has 1 amide bonds. The molecule has 0 saturated carbocycles. The maximum atomic E-state index is 12.2. The molecule has 31 heavy (non-hydrogen) atoms. The molecule has 2 rings (SSSR count). The summed E-state index contributed by atoms with van der Waals surface area (Å²) in [5, 5.41) is 7.02. The monoisotopic (exact) mass is 438 g/mol. The van der Waals surface area contributed by atoms with E-state index in [0.717, 1.165) is 71.3 Å². The van der Waals surface area contributed by atoms with Crippen LogP contribution in [0.15, 0.2) is 4.99 Å². The van der Waals surface area contributed by atoms with Crippen LogP contribution in [0.5, 0.6) is 0 Å². The number of carbonyl (C=O) groups excluding carboxylic acids is 1. The lowest BCUT2D eigenvalue weighted by Crippen LogP contribution is -2.50. The summed E-state index contributed by atoms with van der Waals surface area (Å²) >= 11 is 0. The van der Waals surface area contributed by atoms with Crippen LogP contribution in [0.3, 0.4) is 0 Å². The van der Waals surface area contributed by atoms with E-state index in [9.17, 15) is 4.79 Å². The van der Waals surface area contributed by atoms with Gasteiger partial charge in [-0.1, -0.05) is 0 Å². The van der Waals surface area contributed by atoms with E-state index in [4.69, 9.17) is 9.73 Å². The Morgan fingerprint density at radius 1 is 1.10 bits per heavy atom. The van der Waals surface area contributed by atoms with Crippen molar-refractivity contribution in [2.45, 2.75) is 78.5 Å². The smallest absolute Gasteiger partial charge is 0.410 e. The van der Waals surface area contributed by atoms with Crippen LogP contribution in [-0.2, 0) is 4.74 Å². The van der Waals surface area contributed by atoms with Gasteiger partial charge in [0.25, 0.3) is 0 Å². The zero-order chi connectivity index (χ0) is 22.9. The minimum atomic E-state index is -0.435. The van der Waals surface area contributed by atoms with E-state index in [1.807, 2.05) is 25.7 Å². The number of aliphatic imine (C=N–C) groups is 1. The van der Waals surface area contributed by atoms with Gasteiger partial charge in [0.1, 0.15) is 5.60 Å². The van der Waals surface area contributed by atoms with E-state index in [1.165, 1.54) is 12.8 Å². The van der Waals surface area contributed by atoms with Gasteiger partial charge in [0.15, 0.2) is 5.96 Å². The number of guanidine groups is 1. The molecule has 0 bridgehead atoms. The largest absolute Gasteiger partial charge is 0.444 e. The van der Waals surface area contributed by atoms with Crippen LogP contribution in [-0.4, -0.2) is 103 Å². The van der Waals surface area contributed by atoms with Crippen LogP contribution in [0.25, 0.3) is 0 Å². The van der Waals surface area contributed by atoms with Gasteiger partial charge in [0.2, 0.25) is 0 Å². The number of hydrogen-bond acceptors (Lipinski definition) is 5. The van der Waals surface area contributed by atoms with E-state index in [2.05, 4.69) is 41.2 Å². The standard InChI is InChI=1S/C23H46N6O2/c1-7-24-21(26-20-9-13-28(14-10-20)19(2)3)25-11-8-12-27-15-17-29(18-16-27)22(30)31-23(4,5)6/h19-20H,7-18H2,1-6H3,(H2,24,25,26). The van der Waals surface area contributed by atoms with Crippen molar-refractivity contribution >= 4 is 12.1 Å². The molecule has 0 spiro atoms. The number of amides is 1. The topological polar surface area (TPSA) is 72.4 Å². The first-order valence-corrected chi connectivity index (χ1v) is 12.2. The molecule has 2 aliphatic rings. The molecule has 0 radical (unpaired) electrons. The highest BCUT2D eigenvalue weighted by atomic mass is 16.6.